The zero-order chi connectivity index (χ0) is 12.3. The van der Waals surface area contributed by atoms with Crippen molar-refractivity contribution in [1.29, 1.82) is 0 Å². The number of ether oxygens (including phenoxy) is 1. The van der Waals surface area contributed by atoms with Crippen molar-refractivity contribution in [2.24, 2.45) is 5.73 Å². The summed E-state index contributed by atoms with van der Waals surface area (Å²) in [6.07, 6.45) is 0. The van der Waals surface area contributed by atoms with Crippen molar-refractivity contribution in [2.75, 3.05) is 7.11 Å². The normalized spacial score (nSPS) is 9.72. The van der Waals surface area contributed by atoms with Gasteiger partial charge in [0.2, 0.25) is 0 Å². The third-order valence-corrected chi connectivity index (χ3v) is 2.65. The number of hydrogen-bond donors (Lipinski definition) is 1. The Morgan fingerprint density at radius 2 is 2.00 bits per heavy atom. The third kappa shape index (κ3) is 2.97. The standard InChI is InChI=1S/C13H15N3O.ClH/c1-9-6-12(15-16-13(9)8-14)10-4-3-5-11(7-10)17-2;/h3-7H,8,14H2,1-2H3;1H. The van der Waals surface area contributed by atoms with E-state index in [0.717, 1.165) is 28.3 Å². The molecule has 0 bridgehead atoms. The topological polar surface area (TPSA) is 61.0 Å². The summed E-state index contributed by atoms with van der Waals surface area (Å²) in [5, 5.41) is 8.28. The summed E-state index contributed by atoms with van der Waals surface area (Å²) in [6, 6.07) is 9.74. The van der Waals surface area contributed by atoms with Crippen molar-refractivity contribution in [1.82, 2.24) is 10.2 Å². The number of halogens is 1. The lowest BCUT2D eigenvalue weighted by atomic mass is 10.1. The molecule has 5 heteroatoms. The molecule has 0 fully saturated rings. The Hall–Kier alpha value is -1.65. The van der Waals surface area contributed by atoms with Gasteiger partial charge >= 0.3 is 0 Å². The predicted molar refractivity (Wildman–Crippen MR) is 73.9 cm³/mol. The zero-order valence-corrected chi connectivity index (χ0v) is 11.2. The van der Waals surface area contributed by atoms with Crippen LogP contribution in [0.1, 0.15) is 11.3 Å². The number of hydrogen-bond acceptors (Lipinski definition) is 4. The van der Waals surface area contributed by atoms with E-state index >= 15 is 0 Å². The minimum Gasteiger partial charge on any atom is -0.497 e. The number of benzene rings is 1. The van der Waals surface area contributed by atoms with Crippen LogP contribution in [0.3, 0.4) is 0 Å². The second kappa shape index (κ2) is 6.33. The highest BCUT2D eigenvalue weighted by molar-refractivity contribution is 5.85. The van der Waals surface area contributed by atoms with Crippen LogP contribution in [0.5, 0.6) is 5.75 Å². The number of aryl methyl sites for hydroxylation is 1. The quantitative estimate of drug-likeness (QED) is 0.925. The molecule has 2 rings (SSSR count). The van der Waals surface area contributed by atoms with Crippen LogP contribution in [0.4, 0.5) is 0 Å². The molecule has 0 atom stereocenters. The molecule has 0 radical (unpaired) electrons. The summed E-state index contributed by atoms with van der Waals surface area (Å²) in [6.45, 7) is 2.40. The van der Waals surface area contributed by atoms with Crippen LogP contribution in [0, 0.1) is 6.92 Å². The van der Waals surface area contributed by atoms with Crippen molar-refractivity contribution >= 4 is 12.4 Å². The maximum Gasteiger partial charge on any atom is 0.119 e. The fraction of sp³-hybridized carbons (Fsp3) is 0.231. The van der Waals surface area contributed by atoms with Crippen molar-refractivity contribution in [3.05, 3.63) is 41.6 Å². The molecule has 0 spiro atoms. The average molecular weight is 266 g/mol. The van der Waals surface area contributed by atoms with Crippen molar-refractivity contribution in [3.63, 3.8) is 0 Å². The van der Waals surface area contributed by atoms with Gasteiger partial charge in [-0.25, -0.2) is 0 Å². The van der Waals surface area contributed by atoms with Crippen LogP contribution in [0.25, 0.3) is 11.3 Å². The van der Waals surface area contributed by atoms with Gasteiger partial charge in [-0.05, 0) is 30.7 Å². The number of aromatic nitrogens is 2. The molecule has 2 N–H and O–H groups in total. The minimum atomic E-state index is 0. The summed E-state index contributed by atoms with van der Waals surface area (Å²) >= 11 is 0. The summed E-state index contributed by atoms with van der Waals surface area (Å²) in [4.78, 5) is 0. The monoisotopic (exact) mass is 265 g/mol. The van der Waals surface area contributed by atoms with Crippen molar-refractivity contribution in [3.8, 4) is 17.0 Å². The van der Waals surface area contributed by atoms with Gasteiger partial charge in [-0.2, -0.15) is 10.2 Å². The third-order valence-electron chi connectivity index (χ3n) is 2.65. The lowest BCUT2D eigenvalue weighted by Crippen LogP contribution is -2.04. The first-order valence-corrected chi connectivity index (χ1v) is 5.42. The van der Waals surface area contributed by atoms with Crippen LogP contribution >= 0.6 is 12.4 Å². The molecule has 0 saturated heterocycles. The van der Waals surface area contributed by atoms with Gasteiger partial charge in [-0.15, -0.1) is 12.4 Å². The molecule has 0 amide bonds. The number of methoxy groups -OCH3 is 1. The SMILES string of the molecule is COc1cccc(-c2cc(C)c(CN)nn2)c1.Cl. The predicted octanol–water partition coefficient (Wildman–Crippen LogP) is 2.34. The van der Waals surface area contributed by atoms with E-state index in [0.29, 0.717) is 6.54 Å². The second-order valence-electron chi connectivity index (χ2n) is 3.80. The van der Waals surface area contributed by atoms with E-state index in [2.05, 4.69) is 10.2 Å². The molecule has 2 aromatic rings. The molecule has 0 aliphatic rings. The van der Waals surface area contributed by atoms with Crippen LogP contribution in [0.2, 0.25) is 0 Å². The molecule has 0 unspecified atom stereocenters. The first-order chi connectivity index (χ1) is 8.24. The Morgan fingerprint density at radius 1 is 1.22 bits per heavy atom. The van der Waals surface area contributed by atoms with E-state index in [-0.39, 0.29) is 12.4 Å². The van der Waals surface area contributed by atoms with Gasteiger partial charge in [0.05, 0.1) is 18.5 Å². The first kappa shape index (κ1) is 14.4. The van der Waals surface area contributed by atoms with Gasteiger partial charge in [-0.3, -0.25) is 0 Å². The molecule has 1 heterocycles. The Labute approximate surface area is 113 Å². The zero-order valence-electron chi connectivity index (χ0n) is 10.4. The lowest BCUT2D eigenvalue weighted by Gasteiger charge is -2.06. The van der Waals surface area contributed by atoms with Gasteiger partial charge < -0.3 is 10.5 Å². The van der Waals surface area contributed by atoms with Gasteiger partial charge in [0.25, 0.3) is 0 Å². The van der Waals surface area contributed by atoms with E-state index in [1.54, 1.807) is 7.11 Å². The van der Waals surface area contributed by atoms with E-state index in [9.17, 15) is 0 Å². The highest BCUT2D eigenvalue weighted by Crippen LogP contribution is 2.22. The van der Waals surface area contributed by atoms with E-state index in [1.807, 2.05) is 37.3 Å². The Balaban J connectivity index is 0.00000162. The highest BCUT2D eigenvalue weighted by Gasteiger charge is 2.05. The van der Waals surface area contributed by atoms with Gasteiger partial charge in [0.1, 0.15) is 5.75 Å². The van der Waals surface area contributed by atoms with Crippen LogP contribution in [-0.4, -0.2) is 17.3 Å². The van der Waals surface area contributed by atoms with Crippen LogP contribution < -0.4 is 10.5 Å². The van der Waals surface area contributed by atoms with E-state index in [1.165, 1.54) is 0 Å². The molecule has 1 aromatic heterocycles. The molecule has 96 valence electrons. The number of nitrogens with zero attached hydrogens (tertiary/aromatic N) is 2. The molecular formula is C13H16ClN3O. The molecule has 0 saturated carbocycles. The molecule has 0 aliphatic carbocycles. The van der Waals surface area contributed by atoms with Crippen LogP contribution in [0.15, 0.2) is 30.3 Å². The minimum absolute atomic E-state index is 0. The second-order valence-corrected chi connectivity index (χ2v) is 3.80. The maximum atomic E-state index is 5.56. The molecule has 4 nitrogen and oxygen atoms in total. The average Bonchev–Trinajstić information content (AvgIpc) is 2.38. The largest absolute Gasteiger partial charge is 0.497 e. The van der Waals surface area contributed by atoms with Gasteiger partial charge in [0.15, 0.2) is 0 Å². The van der Waals surface area contributed by atoms with Crippen molar-refractivity contribution < 1.29 is 4.74 Å². The summed E-state index contributed by atoms with van der Waals surface area (Å²) < 4.78 is 5.18. The van der Waals surface area contributed by atoms with E-state index in [4.69, 9.17) is 10.5 Å². The fourth-order valence-electron chi connectivity index (χ4n) is 1.64. The lowest BCUT2D eigenvalue weighted by molar-refractivity contribution is 0.415. The smallest absolute Gasteiger partial charge is 0.119 e. The maximum absolute atomic E-state index is 5.56. The van der Waals surface area contributed by atoms with Crippen LogP contribution in [-0.2, 0) is 6.54 Å². The highest BCUT2D eigenvalue weighted by atomic mass is 35.5. The fourth-order valence-corrected chi connectivity index (χ4v) is 1.64. The van der Waals surface area contributed by atoms with E-state index < -0.39 is 0 Å². The molecular weight excluding hydrogens is 250 g/mol. The number of nitrogens with two attached hydrogens (primary N) is 1. The Morgan fingerprint density at radius 3 is 2.61 bits per heavy atom. The summed E-state index contributed by atoms with van der Waals surface area (Å²) in [7, 11) is 1.65. The molecule has 1 aromatic carbocycles. The summed E-state index contributed by atoms with van der Waals surface area (Å²) in [5.41, 5.74) is 9.27. The first-order valence-electron chi connectivity index (χ1n) is 5.42. The van der Waals surface area contributed by atoms with Gasteiger partial charge in [0, 0.05) is 12.1 Å². The molecule has 0 aliphatic heterocycles. The molecule has 18 heavy (non-hydrogen) atoms. The Kier molecular flexibility index (Phi) is 5.07. The van der Waals surface area contributed by atoms with Gasteiger partial charge in [-0.1, -0.05) is 12.1 Å². The number of rotatable bonds is 3. The Bertz CT molecular complexity index is 531. The summed E-state index contributed by atoms with van der Waals surface area (Å²) in [5.74, 6) is 0.810. The van der Waals surface area contributed by atoms with Crippen molar-refractivity contribution in [2.45, 2.75) is 13.5 Å².